The zero-order valence-corrected chi connectivity index (χ0v) is 25.2. The Morgan fingerprint density at radius 3 is 2.42 bits per heavy atom. The first-order valence-corrected chi connectivity index (χ1v) is 16.2. The van der Waals surface area contributed by atoms with Crippen LogP contribution >= 0.6 is 34.4 Å². The summed E-state index contributed by atoms with van der Waals surface area (Å²) >= 11 is 4.31. The number of benzene rings is 1. The molecular weight excluding hydrogens is 563 g/mol. The van der Waals surface area contributed by atoms with Crippen molar-refractivity contribution in [2.45, 2.75) is 57.5 Å². The van der Waals surface area contributed by atoms with Gasteiger partial charge in [0.25, 0.3) is 5.56 Å². The van der Waals surface area contributed by atoms with Crippen molar-refractivity contribution >= 4 is 61.5 Å². The maximum absolute atomic E-state index is 14.0. The van der Waals surface area contributed by atoms with E-state index in [9.17, 15) is 14.4 Å². The van der Waals surface area contributed by atoms with Gasteiger partial charge in [0.2, 0.25) is 5.91 Å². The molecule has 0 saturated carbocycles. The second kappa shape index (κ2) is 11.1. The summed E-state index contributed by atoms with van der Waals surface area (Å²) < 4.78 is 6.70. The lowest BCUT2D eigenvalue weighted by molar-refractivity contribution is -0.113. The van der Waals surface area contributed by atoms with Crippen molar-refractivity contribution in [2.24, 2.45) is 11.8 Å². The number of ether oxygens (including phenoxy) is 1. The molecule has 0 unspecified atom stereocenters. The Morgan fingerprint density at radius 2 is 1.73 bits per heavy atom. The summed E-state index contributed by atoms with van der Waals surface area (Å²) in [6.45, 7) is 4.45. The molecule has 1 amide bonds. The third kappa shape index (κ3) is 5.01. The summed E-state index contributed by atoms with van der Waals surface area (Å²) in [6.07, 6.45) is 5.64. The summed E-state index contributed by atoms with van der Waals surface area (Å²) in [5.41, 5.74) is 3.26. The number of rotatable bonds is 6. The summed E-state index contributed by atoms with van der Waals surface area (Å²) in [4.78, 5) is 47.9. The summed E-state index contributed by atoms with van der Waals surface area (Å²) in [6, 6.07) is 9.48. The van der Waals surface area contributed by atoms with Crippen LogP contribution in [0.3, 0.4) is 0 Å². The SMILES string of the molecule is COC(=O)c1c(NC(=O)CSc2nc3sc4c(c3c(=O)n2-c2ccccc2)CC[C@@H](C)C4)sc2c1CC[C@@H](C)C2. The molecule has 6 rings (SSSR count). The van der Waals surface area contributed by atoms with Crippen LogP contribution in [0.2, 0.25) is 0 Å². The number of carbonyl (C=O) groups excluding carboxylic acids is 2. The number of methoxy groups -OCH3 is 1. The Morgan fingerprint density at radius 1 is 1.05 bits per heavy atom. The van der Waals surface area contributed by atoms with Gasteiger partial charge in [0.15, 0.2) is 5.16 Å². The van der Waals surface area contributed by atoms with E-state index < -0.39 is 5.97 Å². The van der Waals surface area contributed by atoms with Crippen molar-refractivity contribution < 1.29 is 14.3 Å². The van der Waals surface area contributed by atoms with Crippen molar-refractivity contribution in [1.29, 1.82) is 0 Å². The number of carbonyl (C=O) groups is 2. The van der Waals surface area contributed by atoms with Crippen LogP contribution in [-0.2, 0) is 35.2 Å². The van der Waals surface area contributed by atoms with Gasteiger partial charge in [0.05, 0.1) is 29.5 Å². The van der Waals surface area contributed by atoms with Gasteiger partial charge in [-0.05, 0) is 73.6 Å². The summed E-state index contributed by atoms with van der Waals surface area (Å²) in [7, 11) is 1.37. The molecule has 4 aromatic rings. The standard InChI is InChI=1S/C30H31N3O4S3/c1-16-9-11-19-21(13-16)39-26-24(19)28(35)33(18-7-5-4-6-8-18)30(32-26)38-15-23(34)31-27-25(29(36)37-3)20-12-10-17(2)14-22(20)40-27/h4-8,16-17H,9-15H2,1-3H3,(H,31,34)/t16-,17-/m1/s1. The lowest BCUT2D eigenvalue weighted by Crippen LogP contribution is -2.23. The number of aromatic nitrogens is 2. The normalized spacial score (nSPS) is 18.3. The molecule has 0 spiro atoms. The molecule has 1 N–H and O–H groups in total. The van der Waals surface area contributed by atoms with Crippen LogP contribution in [0.5, 0.6) is 0 Å². The van der Waals surface area contributed by atoms with Gasteiger partial charge in [0, 0.05) is 9.75 Å². The fourth-order valence-corrected chi connectivity index (χ4v) is 9.37. The lowest BCUT2D eigenvalue weighted by Gasteiger charge is -2.18. The first-order valence-electron chi connectivity index (χ1n) is 13.6. The molecule has 0 saturated heterocycles. The zero-order chi connectivity index (χ0) is 28.0. The second-order valence-electron chi connectivity index (χ2n) is 10.8. The van der Waals surface area contributed by atoms with E-state index in [1.807, 2.05) is 30.3 Å². The largest absolute Gasteiger partial charge is 0.465 e. The van der Waals surface area contributed by atoms with Crippen molar-refractivity contribution in [1.82, 2.24) is 9.55 Å². The number of hydrogen-bond acceptors (Lipinski definition) is 8. The molecule has 2 aliphatic rings. The smallest absolute Gasteiger partial charge is 0.341 e. The fraction of sp³-hybridized carbons (Fsp3) is 0.400. The molecule has 1 aromatic carbocycles. The third-order valence-electron chi connectivity index (χ3n) is 7.80. The van der Waals surface area contributed by atoms with Crippen LogP contribution in [0.25, 0.3) is 15.9 Å². The van der Waals surface area contributed by atoms with E-state index in [2.05, 4.69) is 19.2 Å². The quantitative estimate of drug-likeness (QED) is 0.161. The van der Waals surface area contributed by atoms with Crippen LogP contribution in [0, 0.1) is 11.8 Å². The first-order chi connectivity index (χ1) is 19.3. The highest BCUT2D eigenvalue weighted by molar-refractivity contribution is 7.99. The Balaban J connectivity index is 1.32. The number of fused-ring (bicyclic) bond motifs is 4. The third-order valence-corrected chi connectivity index (χ3v) is 11.1. The van der Waals surface area contributed by atoms with E-state index in [-0.39, 0.29) is 17.2 Å². The highest BCUT2D eigenvalue weighted by atomic mass is 32.2. The number of thiophene rings is 2. The highest BCUT2D eigenvalue weighted by Gasteiger charge is 2.29. The monoisotopic (exact) mass is 593 g/mol. The van der Waals surface area contributed by atoms with E-state index in [1.165, 1.54) is 35.1 Å². The molecule has 7 nitrogen and oxygen atoms in total. The number of thioether (sulfide) groups is 1. The van der Waals surface area contributed by atoms with Crippen molar-refractivity contribution in [3.8, 4) is 5.69 Å². The zero-order valence-electron chi connectivity index (χ0n) is 22.7. The molecule has 40 heavy (non-hydrogen) atoms. The molecule has 0 bridgehead atoms. The molecule has 10 heteroatoms. The van der Waals surface area contributed by atoms with Crippen LogP contribution in [-0.4, -0.2) is 34.3 Å². The summed E-state index contributed by atoms with van der Waals surface area (Å²) in [5.74, 6) is 0.506. The Labute approximate surface area is 245 Å². The number of esters is 1. The van der Waals surface area contributed by atoms with Gasteiger partial charge in [0.1, 0.15) is 9.83 Å². The number of anilines is 1. The van der Waals surface area contributed by atoms with Gasteiger partial charge in [-0.1, -0.05) is 43.8 Å². The van der Waals surface area contributed by atoms with E-state index in [0.717, 1.165) is 65.0 Å². The topological polar surface area (TPSA) is 90.3 Å². The van der Waals surface area contributed by atoms with Gasteiger partial charge < -0.3 is 10.1 Å². The minimum atomic E-state index is -0.420. The average Bonchev–Trinajstić information content (AvgIpc) is 3.48. The number of nitrogens with zero attached hydrogens (tertiary/aromatic N) is 2. The van der Waals surface area contributed by atoms with E-state index in [0.29, 0.717) is 32.9 Å². The minimum absolute atomic E-state index is 0.0481. The number of hydrogen-bond donors (Lipinski definition) is 1. The van der Waals surface area contributed by atoms with E-state index in [4.69, 9.17) is 9.72 Å². The molecular formula is C30H31N3O4S3. The summed E-state index contributed by atoms with van der Waals surface area (Å²) in [5, 5.41) is 4.71. The van der Waals surface area contributed by atoms with Gasteiger partial charge in [-0.25, -0.2) is 9.78 Å². The van der Waals surface area contributed by atoms with Crippen LogP contribution in [0.1, 0.15) is 57.9 Å². The van der Waals surface area contributed by atoms with Gasteiger partial charge in [-0.2, -0.15) is 0 Å². The number of aryl methyl sites for hydroxylation is 1. The Kier molecular flexibility index (Phi) is 7.58. The molecule has 3 aromatic heterocycles. The van der Waals surface area contributed by atoms with Gasteiger partial charge in [-0.15, -0.1) is 22.7 Å². The molecule has 3 heterocycles. The maximum atomic E-state index is 14.0. The lowest BCUT2D eigenvalue weighted by atomic mass is 9.88. The maximum Gasteiger partial charge on any atom is 0.341 e. The number of amides is 1. The molecule has 2 aliphatic carbocycles. The predicted molar refractivity (Wildman–Crippen MR) is 163 cm³/mol. The van der Waals surface area contributed by atoms with Crippen LogP contribution in [0.4, 0.5) is 5.00 Å². The number of para-hydroxylation sites is 1. The van der Waals surface area contributed by atoms with Gasteiger partial charge in [-0.3, -0.25) is 14.2 Å². The van der Waals surface area contributed by atoms with Crippen molar-refractivity contribution in [2.75, 3.05) is 18.2 Å². The van der Waals surface area contributed by atoms with Crippen molar-refractivity contribution in [3.05, 3.63) is 67.1 Å². The van der Waals surface area contributed by atoms with Gasteiger partial charge >= 0.3 is 5.97 Å². The minimum Gasteiger partial charge on any atom is -0.465 e. The average molecular weight is 594 g/mol. The molecule has 0 aliphatic heterocycles. The predicted octanol–water partition coefficient (Wildman–Crippen LogP) is 6.28. The molecule has 208 valence electrons. The molecule has 2 atom stereocenters. The van der Waals surface area contributed by atoms with E-state index >= 15 is 0 Å². The molecule has 0 radical (unpaired) electrons. The van der Waals surface area contributed by atoms with E-state index in [1.54, 1.807) is 15.9 Å². The fourth-order valence-electron chi connectivity index (χ4n) is 5.72. The highest BCUT2D eigenvalue weighted by Crippen LogP contribution is 2.40. The molecule has 0 fully saturated rings. The Hall–Kier alpha value is -2.95. The Bertz CT molecular complexity index is 1670. The first kappa shape index (κ1) is 27.2. The second-order valence-corrected chi connectivity index (χ2v) is 13.9. The number of nitrogens with one attached hydrogen (secondary N) is 1. The van der Waals surface area contributed by atoms with Crippen LogP contribution < -0.4 is 10.9 Å². The van der Waals surface area contributed by atoms with Crippen molar-refractivity contribution in [3.63, 3.8) is 0 Å². The van der Waals surface area contributed by atoms with Crippen LogP contribution in [0.15, 0.2) is 40.3 Å².